The van der Waals surface area contributed by atoms with E-state index in [1.807, 2.05) is 0 Å². The Labute approximate surface area is 118 Å². The monoisotopic (exact) mass is 278 g/mol. The number of aromatic nitrogens is 2. The highest BCUT2D eigenvalue weighted by Gasteiger charge is 2.39. The molecule has 1 aliphatic heterocycles. The molecule has 2 aliphatic rings. The first kappa shape index (κ1) is 13.5. The predicted octanol–water partition coefficient (Wildman–Crippen LogP) is 2.06. The molecule has 6 nitrogen and oxygen atoms in total. The lowest BCUT2D eigenvalue weighted by Gasteiger charge is -2.35. The van der Waals surface area contributed by atoms with Crippen LogP contribution in [0.4, 0.5) is 6.01 Å². The zero-order valence-corrected chi connectivity index (χ0v) is 11.9. The predicted molar refractivity (Wildman–Crippen MR) is 74.3 cm³/mol. The SMILES string of the molecule is CCCC1(C(=O)Nc2nnc(C3CC3)o2)CCCNC1. The van der Waals surface area contributed by atoms with E-state index in [1.165, 1.54) is 0 Å². The zero-order chi connectivity index (χ0) is 14.0. The largest absolute Gasteiger partial charge is 0.408 e. The topological polar surface area (TPSA) is 80.1 Å². The van der Waals surface area contributed by atoms with Gasteiger partial charge >= 0.3 is 6.01 Å². The Morgan fingerprint density at radius 3 is 3.00 bits per heavy atom. The summed E-state index contributed by atoms with van der Waals surface area (Å²) in [6.07, 6.45) is 6.05. The van der Waals surface area contributed by atoms with Gasteiger partial charge in [-0.3, -0.25) is 10.1 Å². The summed E-state index contributed by atoms with van der Waals surface area (Å²) in [5, 5.41) is 14.1. The van der Waals surface area contributed by atoms with Gasteiger partial charge in [-0.25, -0.2) is 0 Å². The van der Waals surface area contributed by atoms with Crippen LogP contribution in [0, 0.1) is 5.41 Å². The molecule has 1 atom stereocenters. The molecule has 2 N–H and O–H groups in total. The number of nitrogens with zero attached hydrogens (tertiary/aromatic N) is 2. The number of hydrogen-bond donors (Lipinski definition) is 2. The molecule has 3 rings (SSSR count). The van der Waals surface area contributed by atoms with Gasteiger partial charge in [0.1, 0.15) is 0 Å². The molecule has 1 aromatic rings. The lowest BCUT2D eigenvalue weighted by Crippen LogP contribution is -2.48. The molecule has 110 valence electrons. The van der Waals surface area contributed by atoms with Crippen LogP contribution in [0.25, 0.3) is 0 Å². The van der Waals surface area contributed by atoms with E-state index in [0.29, 0.717) is 11.8 Å². The van der Waals surface area contributed by atoms with Gasteiger partial charge in [-0.15, -0.1) is 5.10 Å². The van der Waals surface area contributed by atoms with Crippen molar-refractivity contribution in [1.29, 1.82) is 0 Å². The highest BCUT2D eigenvalue weighted by atomic mass is 16.4. The van der Waals surface area contributed by atoms with E-state index in [2.05, 4.69) is 27.8 Å². The maximum atomic E-state index is 12.6. The van der Waals surface area contributed by atoms with Gasteiger partial charge in [0.2, 0.25) is 11.8 Å². The molecule has 1 aliphatic carbocycles. The van der Waals surface area contributed by atoms with E-state index in [-0.39, 0.29) is 17.3 Å². The molecule has 1 aromatic heterocycles. The molecule has 0 aromatic carbocycles. The summed E-state index contributed by atoms with van der Waals surface area (Å²) in [5.74, 6) is 1.08. The minimum atomic E-state index is -0.332. The molecule has 6 heteroatoms. The Morgan fingerprint density at radius 2 is 2.35 bits per heavy atom. The van der Waals surface area contributed by atoms with Gasteiger partial charge in [0.15, 0.2) is 0 Å². The number of hydrogen-bond acceptors (Lipinski definition) is 5. The van der Waals surface area contributed by atoms with Crippen molar-refractivity contribution in [1.82, 2.24) is 15.5 Å². The summed E-state index contributed by atoms with van der Waals surface area (Å²) in [5.41, 5.74) is -0.332. The second kappa shape index (κ2) is 5.52. The van der Waals surface area contributed by atoms with E-state index in [1.54, 1.807) is 0 Å². The molecular weight excluding hydrogens is 256 g/mol. The van der Waals surface area contributed by atoms with Crippen LogP contribution < -0.4 is 10.6 Å². The number of carbonyl (C=O) groups is 1. The summed E-state index contributed by atoms with van der Waals surface area (Å²) in [6, 6.07) is 0.248. The van der Waals surface area contributed by atoms with Crippen molar-refractivity contribution in [3.63, 3.8) is 0 Å². The van der Waals surface area contributed by atoms with Crippen molar-refractivity contribution in [2.24, 2.45) is 5.41 Å². The summed E-state index contributed by atoms with van der Waals surface area (Å²) < 4.78 is 5.52. The Bertz CT molecular complexity index is 470. The minimum absolute atomic E-state index is 0.0116. The molecule has 1 saturated heterocycles. The lowest BCUT2D eigenvalue weighted by atomic mass is 9.76. The number of amides is 1. The third-order valence-corrected chi connectivity index (χ3v) is 4.27. The molecule has 1 amide bonds. The average molecular weight is 278 g/mol. The van der Waals surface area contributed by atoms with Gasteiger partial charge in [-0.1, -0.05) is 18.4 Å². The number of anilines is 1. The number of carbonyl (C=O) groups excluding carboxylic acids is 1. The third-order valence-electron chi connectivity index (χ3n) is 4.27. The Hall–Kier alpha value is -1.43. The van der Waals surface area contributed by atoms with Crippen molar-refractivity contribution >= 4 is 11.9 Å². The van der Waals surface area contributed by atoms with Crippen molar-refractivity contribution in [3.05, 3.63) is 5.89 Å². The molecule has 1 saturated carbocycles. The zero-order valence-electron chi connectivity index (χ0n) is 11.9. The molecule has 0 bridgehead atoms. The molecule has 20 heavy (non-hydrogen) atoms. The Morgan fingerprint density at radius 1 is 1.50 bits per heavy atom. The maximum absolute atomic E-state index is 12.6. The van der Waals surface area contributed by atoms with Gasteiger partial charge in [0.25, 0.3) is 0 Å². The van der Waals surface area contributed by atoms with Gasteiger partial charge in [-0.05, 0) is 38.6 Å². The van der Waals surface area contributed by atoms with Crippen LogP contribution in [0.15, 0.2) is 4.42 Å². The quantitative estimate of drug-likeness (QED) is 0.861. The van der Waals surface area contributed by atoms with Crippen LogP contribution in [0.3, 0.4) is 0 Å². The minimum Gasteiger partial charge on any atom is -0.408 e. The summed E-state index contributed by atoms with van der Waals surface area (Å²) in [6.45, 7) is 3.84. The first-order chi connectivity index (χ1) is 9.73. The fourth-order valence-electron chi connectivity index (χ4n) is 2.98. The van der Waals surface area contributed by atoms with Crippen LogP contribution in [0.5, 0.6) is 0 Å². The highest BCUT2D eigenvalue weighted by Crippen LogP contribution is 2.40. The van der Waals surface area contributed by atoms with Crippen molar-refractivity contribution in [2.45, 2.75) is 51.4 Å². The van der Waals surface area contributed by atoms with Crippen LogP contribution in [-0.2, 0) is 4.79 Å². The van der Waals surface area contributed by atoms with Crippen LogP contribution in [0.1, 0.15) is 57.3 Å². The molecule has 2 heterocycles. The fourth-order valence-corrected chi connectivity index (χ4v) is 2.98. The summed E-state index contributed by atoms with van der Waals surface area (Å²) in [4.78, 5) is 12.6. The Balaban J connectivity index is 1.68. The van der Waals surface area contributed by atoms with E-state index in [4.69, 9.17) is 4.42 Å². The van der Waals surface area contributed by atoms with Gasteiger partial charge < -0.3 is 9.73 Å². The highest BCUT2D eigenvalue weighted by molar-refractivity contribution is 5.93. The number of rotatable bonds is 5. The summed E-state index contributed by atoms with van der Waals surface area (Å²) in [7, 11) is 0. The normalized spacial score (nSPS) is 26.4. The van der Waals surface area contributed by atoms with Gasteiger partial charge in [-0.2, -0.15) is 0 Å². The maximum Gasteiger partial charge on any atom is 0.322 e. The average Bonchev–Trinajstić information content (AvgIpc) is 3.21. The summed E-state index contributed by atoms with van der Waals surface area (Å²) >= 11 is 0. The first-order valence-electron chi connectivity index (χ1n) is 7.59. The number of piperidine rings is 1. The first-order valence-corrected chi connectivity index (χ1v) is 7.59. The molecule has 0 spiro atoms. The van der Waals surface area contributed by atoms with E-state index in [0.717, 1.165) is 51.6 Å². The van der Waals surface area contributed by atoms with Crippen molar-refractivity contribution in [3.8, 4) is 0 Å². The Kier molecular flexibility index (Phi) is 3.74. The van der Waals surface area contributed by atoms with Gasteiger partial charge in [0.05, 0.1) is 5.41 Å². The van der Waals surface area contributed by atoms with E-state index >= 15 is 0 Å². The molecule has 0 radical (unpaired) electrons. The van der Waals surface area contributed by atoms with Crippen molar-refractivity contribution < 1.29 is 9.21 Å². The standard InChI is InChI=1S/C14H22N4O2/c1-2-6-14(7-3-8-15-9-14)12(19)16-13-18-17-11(20-13)10-4-5-10/h10,15H,2-9H2,1H3,(H,16,18,19). The van der Waals surface area contributed by atoms with Gasteiger partial charge in [0, 0.05) is 12.5 Å². The van der Waals surface area contributed by atoms with E-state index < -0.39 is 0 Å². The second-order valence-electron chi connectivity index (χ2n) is 5.98. The molecule has 2 fully saturated rings. The number of nitrogens with one attached hydrogen (secondary N) is 2. The molecular formula is C14H22N4O2. The second-order valence-corrected chi connectivity index (χ2v) is 5.98. The van der Waals surface area contributed by atoms with Crippen molar-refractivity contribution in [2.75, 3.05) is 18.4 Å². The van der Waals surface area contributed by atoms with Crippen LogP contribution in [-0.4, -0.2) is 29.2 Å². The lowest BCUT2D eigenvalue weighted by molar-refractivity contribution is -0.127. The smallest absolute Gasteiger partial charge is 0.322 e. The van der Waals surface area contributed by atoms with Crippen LogP contribution >= 0.6 is 0 Å². The fraction of sp³-hybridized carbons (Fsp3) is 0.786. The third kappa shape index (κ3) is 2.70. The van der Waals surface area contributed by atoms with Crippen LogP contribution in [0.2, 0.25) is 0 Å². The van der Waals surface area contributed by atoms with E-state index in [9.17, 15) is 4.79 Å². The molecule has 1 unspecified atom stereocenters.